The number of hydrogen-bond donors (Lipinski definition) is 1. The van der Waals surface area contributed by atoms with Gasteiger partial charge in [-0.05, 0) is 25.1 Å². The molecule has 0 saturated carbocycles. The third-order valence-electron chi connectivity index (χ3n) is 2.42. The van der Waals surface area contributed by atoms with Crippen molar-refractivity contribution in [2.45, 2.75) is 6.42 Å². The number of nitrogens with two attached hydrogens (primary N) is 1. The van der Waals surface area contributed by atoms with Crippen LogP contribution in [0.2, 0.25) is 10.0 Å². The molecular formula is C11H16Cl2N2O. The van der Waals surface area contributed by atoms with E-state index in [4.69, 9.17) is 33.7 Å². The summed E-state index contributed by atoms with van der Waals surface area (Å²) >= 11 is 12.2. The van der Waals surface area contributed by atoms with Crippen LogP contribution in [-0.2, 0) is 6.42 Å². The summed E-state index contributed by atoms with van der Waals surface area (Å²) in [6.45, 7) is 1.38. The molecule has 0 aromatic heterocycles. The molecule has 16 heavy (non-hydrogen) atoms. The van der Waals surface area contributed by atoms with Gasteiger partial charge in [0.15, 0.2) is 0 Å². The standard InChI is InChI=1S/C11H16Cl2N2O/c1-15(7-14)6-5-8-3-4-9(16-2)11(13)10(8)12/h3-4H,5-7,14H2,1-2H3. The molecule has 2 N–H and O–H groups in total. The fourth-order valence-corrected chi connectivity index (χ4v) is 1.84. The van der Waals surface area contributed by atoms with Gasteiger partial charge in [-0.15, -0.1) is 0 Å². The number of hydrogen-bond acceptors (Lipinski definition) is 3. The van der Waals surface area contributed by atoms with Gasteiger partial charge in [-0.1, -0.05) is 29.3 Å². The lowest BCUT2D eigenvalue weighted by atomic mass is 10.1. The van der Waals surface area contributed by atoms with Crippen molar-refractivity contribution in [2.24, 2.45) is 5.73 Å². The lowest BCUT2D eigenvalue weighted by molar-refractivity contribution is 0.349. The molecule has 0 aliphatic rings. The predicted octanol–water partition coefficient (Wildman–Crippen LogP) is 2.39. The number of methoxy groups -OCH3 is 1. The lowest BCUT2D eigenvalue weighted by Crippen LogP contribution is -2.27. The monoisotopic (exact) mass is 262 g/mol. The van der Waals surface area contributed by atoms with Gasteiger partial charge in [-0.25, -0.2) is 0 Å². The van der Waals surface area contributed by atoms with Gasteiger partial charge in [-0.2, -0.15) is 0 Å². The highest BCUT2D eigenvalue weighted by Crippen LogP contribution is 2.34. The van der Waals surface area contributed by atoms with Gasteiger partial charge in [0.1, 0.15) is 10.8 Å². The number of benzene rings is 1. The Morgan fingerprint density at radius 1 is 1.31 bits per heavy atom. The summed E-state index contributed by atoms with van der Waals surface area (Å²) in [6, 6.07) is 3.75. The Kier molecular flexibility index (Phi) is 5.35. The van der Waals surface area contributed by atoms with Gasteiger partial charge in [0.05, 0.1) is 12.1 Å². The van der Waals surface area contributed by atoms with Gasteiger partial charge in [0, 0.05) is 13.2 Å². The molecule has 0 fully saturated rings. The second-order valence-electron chi connectivity index (χ2n) is 3.57. The van der Waals surface area contributed by atoms with Crippen LogP contribution >= 0.6 is 23.2 Å². The molecule has 3 nitrogen and oxygen atoms in total. The number of rotatable bonds is 5. The maximum Gasteiger partial charge on any atom is 0.138 e. The fraction of sp³-hybridized carbons (Fsp3) is 0.455. The van der Waals surface area contributed by atoms with E-state index in [0.29, 0.717) is 22.5 Å². The first-order chi connectivity index (χ1) is 7.60. The molecular weight excluding hydrogens is 247 g/mol. The van der Waals surface area contributed by atoms with Crippen molar-refractivity contribution in [3.8, 4) is 5.75 Å². The minimum Gasteiger partial charge on any atom is -0.495 e. The van der Waals surface area contributed by atoms with Crippen LogP contribution in [0.15, 0.2) is 12.1 Å². The minimum atomic E-state index is 0.470. The van der Waals surface area contributed by atoms with Gasteiger partial charge in [0.2, 0.25) is 0 Å². The summed E-state index contributed by atoms with van der Waals surface area (Å²) in [5.74, 6) is 0.600. The Hall–Kier alpha value is -0.480. The molecule has 0 spiro atoms. The number of nitrogens with zero attached hydrogens (tertiary/aromatic N) is 1. The molecule has 0 heterocycles. The lowest BCUT2D eigenvalue weighted by Gasteiger charge is -2.15. The Morgan fingerprint density at radius 3 is 2.56 bits per heavy atom. The van der Waals surface area contributed by atoms with Crippen LogP contribution in [0.4, 0.5) is 0 Å². The van der Waals surface area contributed by atoms with E-state index in [0.717, 1.165) is 18.5 Å². The van der Waals surface area contributed by atoms with E-state index < -0.39 is 0 Å². The summed E-state index contributed by atoms with van der Waals surface area (Å²) in [5.41, 5.74) is 6.50. The largest absolute Gasteiger partial charge is 0.495 e. The third kappa shape index (κ3) is 3.25. The Morgan fingerprint density at radius 2 is 2.00 bits per heavy atom. The van der Waals surface area contributed by atoms with Gasteiger partial charge < -0.3 is 10.5 Å². The zero-order valence-corrected chi connectivity index (χ0v) is 11.0. The zero-order chi connectivity index (χ0) is 12.1. The molecule has 0 radical (unpaired) electrons. The molecule has 1 rings (SSSR count). The number of ether oxygens (including phenoxy) is 1. The molecule has 0 aliphatic carbocycles. The number of likely N-dealkylation sites (N-methyl/N-ethyl adjacent to an activating group) is 1. The predicted molar refractivity (Wildman–Crippen MR) is 68.4 cm³/mol. The van der Waals surface area contributed by atoms with Crippen LogP contribution in [0.25, 0.3) is 0 Å². The molecule has 0 aliphatic heterocycles. The highest BCUT2D eigenvalue weighted by Gasteiger charge is 2.10. The Bertz CT molecular complexity index is 358. The second-order valence-corrected chi connectivity index (χ2v) is 4.32. The first kappa shape index (κ1) is 13.6. The Balaban J connectivity index is 2.78. The highest BCUT2D eigenvalue weighted by atomic mass is 35.5. The zero-order valence-electron chi connectivity index (χ0n) is 9.46. The maximum absolute atomic E-state index is 6.14. The average Bonchev–Trinajstić information content (AvgIpc) is 2.30. The van der Waals surface area contributed by atoms with Crippen LogP contribution in [0, 0.1) is 0 Å². The molecule has 0 atom stereocenters. The van der Waals surface area contributed by atoms with Crippen LogP contribution in [0.3, 0.4) is 0 Å². The van der Waals surface area contributed by atoms with Crippen molar-refractivity contribution < 1.29 is 4.74 Å². The first-order valence-electron chi connectivity index (χ1n) is 4.99. The van der Waals surface area contributed by atoms with Crippen molar-refractivity contribution >= 4 is 23.2 Å². The van der Waals surface area contributed by atoms with Crippen molar-refractivity contribution in [3.05, 3.63) is 27.7 Å². The topological polar surface area (TPSA) is 38.5 Å². The molecule has 90 valence electrons. The number of halogens is 2. The van der Waals surface area contributed by atoms with E-state index in [-0.39, 0.29) is 0 Å². The quantitative estimate of drug-likeness (QED) is 0.829. The summed E-state index contributed by atoms with van der Waals surface area (Å²) in [6.07, 6.45) is 0.816. The van der Waals surface area contributed by atoms with Crippen molar-refractivity contribution in [1.29, 1.82) is 0 Å². The van der Waals surface area contributed by atoms with E-state index in [9.17, 15) is 0 Å². The van der Waals surface area contributed by atoms with Gasteiger partial charge in [-0.3, -0.25) is 4.90 Å². The molecule has 0 unspecified atom stereocenters. The van der Waals surface area contributed by atoms with Crippen molar-refractivity contribution in [3.63, 3.8) is 0 Å². The summed E-state index contributed by atoms with van der Waals surface area (Å²) in [7, 11) is 3.53. The van der Waals surface area contributed by atoms with E-state index in [2.05, 4.69) is 0 Å². The summed E-state index contributed by atoms with van der Waals surface area (Å²) in [4.78, 5) is 2.01. The van der Waals surface area contributed by atoms with Crippen LogP contribution in [-0.4, -0.2) is 32.3 Å². The van der Waals surface area contributed by atoms with Gasteiger partial charge in [0.25, 0.3) is 0 Å². The van der Waals surface area contributed by atoms with E-state index >= 15 is 0 Å². The SMILES string of the molecule is COc1ccc(CCN(C)CN)c(Cl)c1Cl. The van der Waals surface area contributed by atoms with E-state index in [1.807, 2.05) is 24.1 Å². The molecule has 1 aromatic carbocycles. The van der Waals surface area contributed by atoms with Gasteiger partial charge >= 0.3 is 0 Å². The van der Waals surface area contributed by atoms with E-state index in [1.54, 1.807) is 7.11 Å². The van der Waals surface area contributed by atoms with E-state index in [1.165, 1.54) is 0 Å². The first-order valence-corrected chi connectivity index (χ1v) is 5.75. The molecule has 0 bridgehead atoms. The average molecular weight is 263 g/mol. The third-order valence-corrected chi connectivity index (χ3v) is 3.33. The molecule has 5 heteroatoms. The normalized spacial score (nSPS) is 10.9. The molecule has 1 aromatic rings. The highest BCUT2D eigenvalue weighted by molar-refractivity contribution is 6.43. The molecule has 0 amide bonds. The van der Waals surface area contributed by atoms with Crippen LogP contribution in [0.5, 0.6) is 5.75 Å². The summed E-state index contributed by atoms with van der Waals surface area (Å²) in [5, 5.41) is 1.03. The Labute approximate surface area is 106 Å². The van der Waals surface area contributed by atoms with Crippen LogP contribution < -0.4 is 10.5 Å². The maximum atomic E-state index is 6.14. The van der Waals surface area contributed by atoms with Crippen LogP contribution in [0.1, 0.15) is 5.56 Å². The smallest absolute Gasteiger partial charge is 0.138 e. The van der Waals surface area contributed by atoms with Crippen molar-refractivity contribution in [1.82, 2.24) is 4.90 Å². The minimum absolute atomic E-state index is 0.470. The van der Waals surface area contributed by atoms with Crippen molar-refractivity contribution in [2.75, 3.05) is 27.4 Å². The molecule has 0 saturated heterocycles. The summed E-state index contributed by atoms with van der Waals surface area (Å²) < 4.78 is 5.08. The fourth-order valence-electron chi connectivity index (χ4n) is 1.33. The second kappa shape index (κ2) is 6.30.